The summed E-state index contributed by atoms with van der Waals surface area (Å²) in [7, 11) is -4.38. The zero-order valence-corrected chi connectivity index (χ0v) is 21.4. The number of rotatable bonds is 7. The predicted molar refractivity (Wildman–Crippen MR) is 138 cm³/mol. The molecule has 0 radical (unpaired) electrons. The van der Waals surface area contributed by atoms with E-state index in [1.807, 2.05) is 50.2 Å². The third kappa shape index (κ3) is 4.45. The lowest BCUT2D eigenvalue weighted by Crippen LogP contribution is -2.27. The molecule has 0 unspecified atom stereocenters. The standard InChI is InChI=1S/C28H27N3O5S/c1-3-36-17-25-30-27(32)26(28(33)31(25)24-15-12-19-7-4-5-8-23(19)24)37(34,35)21-13-10-20(11-14-21)22-9-6-16-29-18(22)2/h4-11,13-14,16,24,33H,3,12,15,17H2,1-2H3/t24-/m0/s1. The van der Waals surface area contributed by atoms with Gasteiger partial charge in [-0.3, -0.25) is 14.3 Å². The minimum Gasteiger partial charge on any atom is -0.493 e. The number of sulfone groups is 1. The number of ether oxygens (including phenoxy) is 1. The first-order valence-electron chi connectivity index (χ1n) is 12.1. The zero-order chi connectivity index (χ0) is 26.2. The van der Waals surface area contributed by atoms with Crippen LogP contribution in [-0.4, -0.2) is 34.7 Å². The molecule has 8 nitrogen and oxygen atoms in total. The van der Waals surface area contributed by atoms with Gasteiger partial charge >= 0.3 is 0 Å². The van der Waals surface area contributed by atoms with Crippen LogP contribution in [0.25, 0.3) is 11.1 Å². The number of nitrogens with zero attached hydrogens (tertiary/aromatic N) is 3. The minimum absolute atomic E-state index is 0.0303. The molecule has 0 saturated carbocycles. The van der Waals surface area contributed by atoms with E-state index in [4.69, 9.17) is 4.74 Å². The highest BCUT2D eigenvalue weighted by Gasteiger charge is 2.34. The Labute approximate surface area is 215 Å². The Kier molecular flexibility index (Phi) is 6.66. The third-order valence-electron chi connectivity index (χ3n) is 6.73. The average molecular weight is 518 g/mol. The van der Waals surface area contributed by atoms with Crippen LogP contribution >= 0.6 is 0 Å². The molecule has 0 aliphatic heterocycles. The highest BCUT2D eigenvalue weighted by atomic mass is 32.2. The molecule has 1 aliphatic carbocycles. The van der Waals surface area contributed by atoms with Crippen molar-refractivity contribution in [3.8, 4) is 17.0 Å². The van der Waals surface area contributed by atoms with Crippen molar-refractivity contribution >= 4 is 9.84 Å². The quantitative estimate of drug-likeness (QED) is 0.391. The van der Waals surface area contributed by atoms with Gasteiger partial charge in [-0.05, 0) is 61.6 Å². The lowest BCUT2D eigenvalue weighted by atomic mass is 10.1. The average Bonchev–Trinajstić information content (AvgIpc) is 3.31. The fraction of sp³-hybridized carbons (Fsp3) is 0.250. The van der Waals surface area contributed by atoms with Gasteiger partial charge in [0.05, 0.1) is 10.9 Å². The molecule has 1 atom stereocenters. The molecule has 2 aromatic heterocycles. The molecule has 0 fully saturated rings. The van der Waals surface area contributed by atoms with Gasteiger partial charge in [-0.2, -0.15) is 4.98 Å². The van der Waals surface area contributed by atoms with Crippen molar-refractivity contribution in [1.29, 1.82) is 0 Å². The van der Waals surface area contributed by atoms with Crippen molar-refractivity contribution in [1.82, 2.24) is 14.5 Å². The molecular formula is C28H27N3O5S. The fourth-order valence-corrected chi connectivity index (χ4v) is 6.27. The molecule has 2 heterocycles. The van der Waals surface area contributed by atoms with Gasteiger partial charge in [0.2, 0.25) is 15.7 Å². The molecular weight excluding hydrogens is 490 g/mol. The maximum Gasteiger partial charge on any atom is 0.296 e. The van der Waals surface area contributed by atoms with Crippen LogP contribution in [0.15, 0.2) is 81.4 Å². The number of aromatic nitrogens is 3. The lowest BCUT2D eigenvalue weighted by molar-refractivity contribution is 0.121. The molecule has 2 aromatic carbocycles. The van der Waals surface area contributed by atoms with E-state index >= 15 is 0 Å². The molecule has 0 saturated heterocycles. The second kappa shape index (κ2) is 9.91. The Morgan fingerprint density at radius 2 is 1.84 bits per heavy atom. The van der Waals surface area contributed by atoms with Gasteiger partial charge in [0.1, 0.15) is 12.4 Å². The first kappa shape index (κ1) is 24.9. The Morgan fingerprint density at radius 3 is 2.57 bits per heavy atom. The summed E-state index contributed by atoms with van der Waals surface area (Å²) in [6, 6.07) is 17.3. The number of hydrogen-bond donors (Lipinski definition) is 1. The number of hydrogen-bond acceptors (Lipinski definition) is 7. The van der Waals surface area contributed by atoms with Crippen LogP contribution in [0.2, 0.25) is 0 Å². The molecule has 0 bridgehead atoms. The van der Waals surface area contributed by atoms with E-state index in [9.17, 15) is 18.3 Å². The molecule has 37 heavy (non-hydrogen) atoms. The van der Waals surface area contributed by atoms with Crippen molar-refractivity contribution in [2.45, 2.75) is 49.1 Å². The number of benzene rings is 2. The van der Waals surface area contributed by atoms with Crippen LogP contribution in [0, 0.1) is 6.92 Å². The Hall–Kier alpha value is -3.82. The summed E-state index contributed by atoms with van der Waals surface area (Å²) in [5.41, 5.74) is 3.53. The van der Waals surface area contributed by atoms with Crippen molar-refractivity contribution in [3.05, 3.63) is 99.9 Å². The first-order chi connectivity index (χ1) is 17.8. The molecule has 190 valence electrons. The van der Waals surface area contributed by atoms with E-state index in [1.54, 1.807) is 18.3 Å². The normalized spacial score (nSPS) is 15.0. The van der Waals surface area contributed by atoms with Crippen LogP contribution in [0.4, 0.5) is 0 Å². The summed E-state index contributed by atoms with van der Waals surface area (Å²) in [5, 5.41) is 11.4. The summed E-state index contributed by atoms with van der Waals surface area (Å²) < 4.78 is 34.3. The summed E-state index contributed by atoms with van der Waals surface area (Å²) >= 11 is 0. The van der Waals surface area contributed by atoms with E-state index in [-0.39, 0.29) is 23.4 Å². The summed E-state index contributed by atoms with van der Waals surface area (Å²) in [6.07, 6.45) is 3.09. The number of aryl methyl sites for hydroxylation is 2. The van der Waals surface area contributed by atoms with E-state index in [1.165, 1.54) is 16.7 Å². The van der Waals surface area contributed by atoms with Crippen molar-refractivity contribution < 1.29 is 18.3 Å². The smallest absolute Gasteiger partial charge is 0.296 e. The van der Waals surface area contributed by atoms with Gasteiger partial charge < -0.3 is 9.84 Å². The van der Waals surface area contributed by atoms with E-state index < -0.39 is 26.2 Å². The summed E-state index contributed by atoms with van der Waals surface area (Å²) in [4.78, 5) is 20.6. The lowest BCUT2D eigenvalue weighted by Gasteiger charge is -2.23. The minimum atomic E-state index is -4.38. The first-order valence-corrected chi connectivity index (χ1v) is 13.6. The van der Waals surface area contributed by atoms with Crippen LogP contribution in [0.3, 0.4) is 0 Å². The maximum absolute atomic E-state index is 13.7. The monoisotopic (exact) mass is 517 g/mol. The Morgan fingerprint density at radius 1 is 1.08 bits per heavy atom. The van der Waals surface area contributed by atoms with Crippen LogP contribution < -0.4 is 5.56 Å². The summed E-state index contributed by atoms with van der Waals surface area (Å²) in [6.45, 7) is 4.03. The molecule has 5 rings (SSSR count). The van der Waals surface area contributed by atoms with E-state index in [0.29, 0.717) is 13.0 Å². The Balaban J connectivity index is 1.63. The molecule has 0 amide bonds. The number of fused-ring (bicyclic) bond motifs is 1. The third-order valence-corrected chi connectivity index (χ3v) is 8.52. The topological polar surface area (TPSA) is 111 Å². The van der Waals surface area contributed by atoms with Gasteiger partial charge in [-0.1, -0.05) is 42.5 Å². The molecule has 9 heteroatoms. The number of aromatic hydroxyl groups is 1. The van der Waals surface area contributed by atoms with Crippen molar-refractivity contribution in [3.63, 3.8) is 0 Å². The van der Waals surface area contributed by atoms with Gasteiger partial charge in [0.15, 0.2) is 4.90 Å². The van der Waals surface area contributed by atoms with Gasteiger partial charge in [-0.15, -0.1) is 0 Å². The Bertz CT molecular complexity index is 1630. The largest absolute Gasteiger partial charge is 0.493 e. The number of pyridine rings is 1. The van der Waals surface area contributed by atoms with Gasteiger partial charge in [0.25, 0.3) is 5.56 Å². The van der Waals surface area contributed by atoms with Gasteiger partial charge in [-0.25, -0.2) is 8.42 Å². The fourth-order valence-electron chi connectivity index (χ4n) is 4.93. The highest BCUT2D eigenvalue weighted by molar-refractivity contribution is 7.91. The maximum atomic E-state index is 13.7. The molecule has 1 N–H and O–H groups in total. The molecule has 1 aliphatic rings. The van der Waals surface area contributed by atoms with Crippen molar-refractivity contribution in [2.75, 3.05) is 6.61 Å². The van der Waals surface area contributed by atoms with E-state index in [2.05, 4.69) is 9.97 Å². The van der Waals surface area contributed by atoms with Crippen LogP contribution in [0.5, 0.6) is 5.88 Å². The SMILES string of the molecule is CCOCc1nc(=O)c(S(=O)(=O)c2ccc(-c3cccnc3C)cc2)c(O)n1[C@H]1CCc2ccccc21. The van der Waals surface area contributed by atoms with E-state index in [0.717, 1.165) is 34.4 Å². The zero-order valence-electron chi connectivity index (χ0n) is 20.6. The highest BCUT2D eigenvalue weighted by Crippen LogP contribution is 2.39. The van der Waals surface area contributed by atoms with Crippen molar-refractivity contribution in [2.24, 2.45) is 0 Å². The predicted octanol–water partition coefficient (Wildman–Crippen LogP) is 4.22. The second-order valence-corrected chi connectivity index (χ2v) is 10.8. The second-order valence-electron chi connectivity index (χ2n) is 8.91. The van der Waals surface area contributed by atoms with Crippen LogP contribution in [-0.2, 0) is 27.6 Å². The van der Waals surface area contributed by atoms with Gasteiger partial charge in [0, 0.05) is 24.1 Å². The molecule has 4 aromatic rings. The molecule has 0 spiro atoms. The summed E-state index contributed by atoms with van der Waals surface area (Å²) in [5.74, 6) is -0.434. The van der Waals surface area contributed by atoms with Crippen LogP contribution in [0.1, 0.15) is 42.0 Å².